The summed E-state index contributed by atoms with van der Waals surface area (Å²) >= 11 is 0. The molecule has 0 aromatic heterocycles. The van der Waals surface area contributed by atoms with Gasteiger partial charge in [-0.25, -0.2) is 5.84 Å². The third-order valence-electron chi connectivity index (χ3n) is 2.87. The topological polar surface area (TPSA) is 109 Å². The summed E-state index contributed by atoms with van der Waals surface area (Å²) in [6.45, 7) is 0. The number of para-hydroxylation sites is 1. The highest BCUT2D eigenvalue weighted by Gasteiger charge is 2.15. The first-order chi connectivity index (χ1) is 10.7. The Bertz CT molecular complexity index is 666. The highest BCUT2D eigenvalue weighted by atomic mass is 16.5. The molecule has 22 heavy (non-hydrogen) atoms. The van der Waals surface area contributed by atoms with E-state index in [0.717, 1.165) is 5.75 Å². The summed E-state index contributed by atoms with van der Waals surface area (Å²) in [7, 11) is 1.55. The van der Waals surface area contributed by atoms with Crippen molar-refractivity contribution in [2.45, 2.75) is 0 Å². The lowest BCUT2D eigenvalue weighted by Crippen LogP contribution is -2.40. The minimum Gasteiger partial charge on any atom is -0.457 e. The van der Waals surface area contributed by atoms with Crippen molar-refractivity contribution >= 4 is 11.5 Å². The minimum atomic E-state index is 0.152. The Hall–Kier alpha value is -3.06. The lowest BCUT2D eigenvalue weighted by atomic mass is 10.1. The van der Waals surface area contributed by atoms with Gasteiger partial charge in [-0.05, 0) is 36.4 Å². The Labute approximate surface area is 128 Å². The Morgan fingerprint density at radius 2 is 1.64 bits per heavy atom. The highest BCUT2D eigenvalue weighted by Crippen LogP contribution is 2.21. The number of hydrazine groups is 1. The van der Waals surface area contributed by atoms with Gasteiger partial charge in [-0.2, -0.15) is 5.10 Å². The molecule has 0 amide bonds. The van der Waals surface area contributed by atoms with Crippen LogP contribution in [0.1, 0.15) is 5.56 Å². The molecule has 0 aliphatic rings. The van der Waals surface area contributed by atoms with Crippen molar-refractivity contribution in [3.05, 3.63) is 60.2 Å². The molecule has 5 N–H and O–H groups in total. The molecule has 0 spiro atoms. The number of likely N-dealkylation sites (N-methyl/N-ethyl adjacent to an activating group) is 1. The third kappa shape index (κ3) is 3.53. The summed E-state index contributed by atoms with van der Waals surface area (Å²) in [6.07, 6.45) is 0. The van der Waals surface area contributed by atoms with Crippen molar-refractivity contribution in [1.82, 2.24) is 5.01 Å². The number of nitrogens with two attached hydrogens (primary N) is 2. The second-order valence-electron chi connectivity index (χ2n) is 4.45. The molecule has 0 aliphatic carbocycles. The minimum absolute atomic E-state index is 0.152. The highest BCUT2D eigenvalue weighted by molar-refractivity contribution is 6.47. The van der Waals surface area contributed by atoms with Crippen molar-refractivity contribution in [2.24, 2.45) is 21.9 Å². The number of nitrogens with zero attached hydrogens (tertiary/aromatic N) is 3. The van der Waals surface area contributed by atoms with E-state index in [1.54, 1.807) is 31.3 Å². The van der Waals surface area contributed by atoms with Crippen molar-refractivity contribution in [2.75, 3.05) is 7.05 Å². The van der Waals surface area contributed by atoms with Crippen LogP contribution in [0.4, 0.5) is 0 Å². The number of benzene rings is 2. The van der Waals surface area contributed by atoms with Crippen LogP contribution in [-0.4, -0.2) is 28.8 Å². The molecule has 2 aromatic carbocycles. The number of amidine groups is 1. The summed E-state index contributed by atoms with van der Waals surface area (Å²) in [4.78, 5) is 0. The van der Waals surface area contributed by atoms with E-state index in [4.69, 9.17) is 16.4 Å². The van der Waals surface area contributed by atoms with E-state index in [9.17, 15) is 5.21 Å². The number of hydrogen-bond donors (Lipinski definition) is 3. The molecule has 0 heterocycles. The van der Waals surface area contributed by atoms with Crippen LogP contribution < -0.4 is 16.4 Å². The van der Waals surface area contributed by atoms with Crippen LogP contribution in [0, 0.1) is 0 Å². The molecule has 0 bridgehead atoms. The fourth-order valence-corrected chi connectivity index (χ4v) is 1.86. The van der Waals surface area contributed by atoms with Gasteiger partial charge in [0, 0.05) is 12.6 Å². The first-order valence-electron chi connectivity index (χ1n) is 6.47. The lowest BCUT2D eigenvalue weighted by molar-refractivity contribution is 0.319. The zero-order valence-corrected chi connectivity index (χ0v) is 12.0. The van der Waals surface area contributed by atoms with Crippen LogP contribution in [0.15, 0.2) is 64.9 Å². The smallest absolute Gasteiger partial charge is 0.191 e. The molecule has 0 fully saturated rings. The Balaban J connectivity index is 2.21. The van der Waals surface area contributed by atoms with Gasteiger partial charge in [-0.1, -0.05) is 23.4 Å². The second kappa shape index (κ2) is 7.09. The van der Waals surface area contributed by atoms with E-state index in [1.165, 1.54) is 5.01 Å². The van der Waals surface area contributed by atoms with Crippen molar-refractivity contribution in [3.8, 4) is 11.5 Å². The third-order valence-corrected chi connectivity index (χ3v) is 2.87. The van der Waals surface area contributed by atoms with Crippen molar-refractivity contribution in [3.63, 3.8) is 0 Å². The van der Waals surface area contributed by atoms with Gasteiger partial charge in [0.05, 0.1) is 0 Å². The molecule has 0 unspecified atom stereocenters. The standard InChI is InChI=1S/C15H17N5O2/c1-20(17)15(18-16)14(19-21)11-7-9-13(10-8-11)22-12-5-3-2-4-6-12/h2-10,21H,16-17H2,1H3/b18-15-,19-14-. The quantitative estimate of drug-likeness (QED) is 0.262. The maximum absolute atomic E-state index is 9.17. The number of hydrazone groups is 1. The van der Waals surface area contributed by atoms with Crippen LogP contribution >= 0.6 is 0 Å². The van der Waals surface area contributed by atoms with Gasteiger partial charge >= 0.3 is 0 Å². The zero-order chi connectivity index (χ0) is 15.9. The Morgan fingerprint density at radius 1 is 1.05 bits per heavy atom. The summed E-state index contributed by atoms with van der Waals surface area (Å²) in [5.41, 5.74) is 0.767. The number of hydrogen-bond acceptors (Lipinski definition) is 6. The van der Waals surface area contributed by atoms with E-state index in [0.29, 0.717) is 11.3 Å². The first-order valence-corrected chi connectivity index (χ1v) is 6.47. The fourth-order valence-electron chi connectivity index (χ4n) is 1.86. The maximum Gasteiger partial charge on any atom is 0.191 e. The maximum atomic E-state index is 9.17. The Kier molecular flexibility index (Phi) is 4.94. The van der Waals surface area contributed by atoms with Crippen molar-refractivity contribution in [1.29, 1.82) is 0 Å². The molecular weight excluding hydrogens is 282 g/mol. The Morgan fingerprint density at radius 3 is 2.14 bits per heavy atom. The van der Waals surface area contributed by atoms with Crippen LogP contribution in [0.5, 0.6) is 11.5 Å². The predicted molar refractivity (Wildman–Crippen MR) is 84.9 cm³/mol. The number of oxime groups is 1. The molecule has 2 aromatic rings. The average Bonchev–Trinajstić information content (AvgIpc) is 2.54. The van der Waals surface area contributed by atoms with Crippen LogP contribution in [0.25, 0.3) is 0 Å². The normalized spacial score (nSPS) is 12.1. The zero-order valence-electron chi connectivity index (χ0n) is 12.0. The van der Waals surface area contributed by atoms with Gasteiger partial charge in [-0.3, -0.25) is 5.01 Å². The fraction of sp³-hybridized carbons (Fsp3) is 0.0667. The van der Waals surface area contributed by atoms with E-state index >= 15 is 0 Å². The molecule has 0 atom stereocenters. The molecule has 0 aliphatic heterocycles. The van der Waals surface area contributed by atoms with Gasteiger partial charge in [0.25, 0.3) is 0 Å². The van der Waals surface area contributed by atoms with Crippen LogP contribution in [0.2, 0.25) is 0 Å². The molecule has 114 valence electrons. The molecule has 0 saturated heterocycles. The van der Waals surface area contributed by atoms with Gasteiger partial charge < -0.3 is 15.8 Å². The van der Waals surface area contributed by atoms with E-state index in [1.807, 2.05) is 30.3 Å². The van der Waals surface area contributed by atoms with Gasteiger partial charge in [0.2, 0.25) is 0 Å². The molecular formula is C15H17N5O2. The number of rotatable bonds is 4. The summed E-state index contributed by atoms with van der Waals surface area (Å²) < 4.78 is 5.69. The average molecular weight is 299 g/mol. The SMILES string of the molecule is CN(N)C(=N\N)/C(=N\O)c1ccc(Oc2ccccc2)cc1. The molecule has 0 saturated carbocycles. The first kappa shape index (κ1) is 15.3. The van der Waals surface area contributed by atoms with Crippen LogP contribution in [0.3, 0.4) is 0 Å². The van der Waals surface area contributed by atoms with Gasteiger partial charge in [-0.15, -0.1) is 0 Å². The summed E-state index contributed by atoms with van der Waals surface area (Å²) in [6, 6.07) is 16.4. The molecule has 0 radical (unpaired) electrons. The van der Waals surface area contributed by atoms with E-state index < -0.39 is 0 Å². The molecule has 7 heteroatoms. The number of ether oxygens (including phenoxy) is 1. The summed E-state index contributed by atoms with van der Waals surface area (Å²) in [5.74, 6) is 12.4. The second-order valence-corrected chi connectivity index (χ2v) is 4.45. The van der Waals surface area contributed by atoms with Crippen molar-refractivity contribution < 1.29 is 9.94 Å². The monoisotopic (exact) mass is 299 g/mol. The lowest BCUT2D eigenvalue weighted by Gasteiger charge is -2.15. The predicted octanol–water partition coefficient (Wildman–Crippen LogP) is 1.73. The van der Waals surface area contributed by atoms with E-state index in [-0.39, 0.29) is 11.5 Å². The van der Waals surface area contributed by atoms with E-state index in [2.05, 4.69) is 10.3 Å². The van der Waals surface area contributed by atoms with Gasteiger partial charge in [0.1, 0.15) is 11.5 Å². The largest absolute Gasteiger partial charge is 0.457 e. The molecule has 2 rings (SSSR count). The van der Waals surface area contributed by atoms with Crippen LogP contribution in [-0.2, 0) is 0 Å². The van der Waals surface area contributed by atoms with Gasteiger partial charge in [0.15, 0.2) is 11.5 Å². The molecule has 7 nitrogen and oxygen atoms in total. The summed E-state index contributed by atoms with van der Waals surface area (Å²) in [5, 5.41) is 17.1.